The Kier molecular flexibility index (Phi) is 6.58. The molecule has 0 aromatic heterocycles. The summed E-state index contributed by atoms with van der Waals surface area (Å²) >= 11 is 0. The zero-order valence-electron chi connectivity index (χ0n) is 11.8. The van der Waals surface area contributed by atoms with Crippen molar-refractivity contribution >= 4 is 0 Å². The van der Waals surface area contributed by atoms with Crippen molar-refractivity contribution in [3.05, 3.63) is 23.8 Å². The average Bonchev–Trinajstić information content (AvgIpc) is 2.35. The number of unbranched alkanes of at least 4 members (excludes halogenated alkanes) is 2. The van der Waals surface area contributed by atoms with Crippen molar-refractivity contribution in [3.63, 3.8) is 0 Å². The Hall–Kier alpha value is -1.22. The maximum Gasteiger partial charge on any atom is 0.162 e. The molecule has 1 aromatic carbocycles. The number of aromatic hydroxyl groups is 1. The summed E-state index contributed by atoms with van der Waals surface area (Å²) in [6.45, 7) is 6.52. The monoisotopic (exact) mass is 251 g/mol. The third kappa shape index (κ3) is 4.57. The first kappa shape index (κ1) is 14.8. The number of hydrogen-bond donors (Lipinski definition) is 1. The van der Waals surface area contributed by atoms with Crippen LogP contribution in [0.4, 0.5) is 0 Å². The number of phenolic OH excluding ortho intramolecular Hbond substituents is 1. The molecule has 0 aliphatic rings. The van der Waals surface area contributed by atoms with Crippen LogP contribution in [0, 0.1) is 0 Å². The quantitative estimate of drug-likeness (QED) is 0.719. The Bertz CT molecular complexity index is 352. The number of phenols is 1. The summed E-state index contributed by atoms with van der Waals surface area (Å²) in [5.74, 6) is 0.860. The minimum absolute atomic E-state index is 0.279. The highest BCUT2D eigenvalue weighted by molar-refractivity contribution is 5.45. The number of para-hydroxylation sites is 1. The fourth-order valence-corrected chi connectivity index (χ4v) is 1.97. The van der Waals surface area contributed by atoms with E-state index in [-0.39, 0.29) is 5.75 Å². The van der Waals surface area contributed by atoms with Gasteiger partial charge in [-0.25, -0.2) is 0 Å². The number of nitrogens with zero attached hydrogens (tertiary/aromatic N) is 1. The summed E-state index contributed by atoms with van der Waals surface area (Å²) in [7, 11) is 2.09. The van der Waals surface area contributed by atoms with E-state index in [1.54, 1.807) is 6.07 Å². The molecule has 3 nitrogen and oxygen atoms in total. The largest absolute Gasteiger partial charge is 0.504 e. The summed E-state index contributed by atoms with van der Waals surface area (Å²) in [4.78, 5) is 2.24. The Balaban J connectivity index is 2.58. The van der Waals surface area contributed by atoms with E-state index in [2.05, 4.69) is 18.9 Å². The molecule has 0 aliphatic heterocycles. The van der Waals surface area contributed by atoms with Crippen LogP contribution >= 0.6 is 0 Å². The standard InChI is InChI=1S/C15H25NO2/c1-4-6-7-11-16(3)12-13-9-8-10-14(15(13)17)18-5-2/h8-10,17H,4-7,11-12H2,1-3H3. The smallest absolute Gasteiger partial charge is 0.162 e. The van der Waals surface area contributed by atoms with Crippen molar-refractivity contribution in [2.45, 2.75) is 39.7 Å². The van der Waals surface area contributed by atoms with Crippen molar-refractivity contribution < 1.29 is 9.84 Å². The maximum absolute atomic E-state index is 10.1. The van der Waals surface area contributed by atoms with Crippen LogP contribution in [0.15, 0.2) is 18.2 Å². The molecule has 18 heavy (non-hydrogen) atoms. The first-order valence-corrected chi connectivity index (χ1v) is 6.81. The molecule has 1 N–H and O–H groups in total. The van der Waals surface area contributed by atoms with Gasteiger partial charge in [-0.15, -0.1) is 0 Å². The summed E-state index contributed by atoms with van der Waals surface area (Å²) < 4.78 is 5.39. The van der Waals surface area contributed by atoms with Gasteiger partial charge in [0.15, 0.2) is 11.5 Å². The molecule has 0 unspecified atom stereocenters. The molecule has 102 valence electrons. The van der Waals surface area contributed by atoms with Gasteiger partial charge < -0.3 is 14.7 Å². The molecule has 1 rings (SSSR count). The second-order valence-electron chi connectivity index (χ2n) is 4.64. The van der Waals surface area contributed by atoms with E-state index in [0.717, 1.165) is 18.7 Å². The van der Waals surface area contributed by atoms with Gasteiger partial charge in [0.1, 0.15) is 0 Å². The molecule has 0 spiro atoms. The third-order valence-corrected chi connectivity index (χ3v) is 2.97. The van der Waals surface area contributed by atoms with E-state index in [0.29, 0.717) is 12.4 Å². The van der Waals surface area contributed by atoms with Crippen molar-refractivity contribution in [1.82, 2.24) is 4.90 Å². The molecule has 0 bridgehead atoms. The van der Waals surface area contributed by atoms with Crippen molar-refractivity contribution in [2.75, 3.05) is 20.2 Å². The third-order valence-electron chi connectivity index (χ3n) is 2.97. The second kappa shape index (κ2) is 7.98. The lowest BCUT2D eigenvalue weighted by atomic mass is 10.1. The fourth-order valence-electron chi connectivity index (χ4n) is 1.97. The Labute approximate surface area is 110 Å². The van der Waals surface area contributed by atoms with Crippen molar-refractivity contribution in [1.29, 1.82) is 0 Å². The van der Waals surface area contributed by atoms with Crippen molar-refractivity contribution in [3.8, 4) is 11.5 Å². The van der Waals surface area contributed by atoms with Gasteiger partial charge >= 0.3 is 0 Å². The van der Waals surface area contributed by atoms with Crippen LogP contribution in [-0.4, -0.2) is 30.2 Å². The Morgan fingerprint density at radius 1 is 1.22 bits per heavy atom. The van der Waals surface area contributed by atoms with Gasteiger partial charge in [0.25, 0.3) is 0 Å². The predicted molar refractivity (Wildman–Crippen MR) is 75.1 cm³/mol. The summed E-state index contributed by atoms with van der Waals surface area (Å²) in [5, 5.41) is 10.1. The zero-order chi connectivity index (χ0) is 13.4. The molecule has 0 saturated heterocycles. The molecule has 0 atom stereocenters. The number of rotatable bonds is 8. The zero-order valence-corrected chi connectivity index (χ0v) is 11.8. The van der Waals surface area contributed by atoms with E-state index < -0.39 is 0 Å². The molecule has 0 saturated carbocycles. The molecule has 0 aliphatic carbocycles. The van der Waals surface area contributed by atoms with Gasteiger partial charge in [-0.3, -0.25) is 0 Å². The van der Waals surface area contributed by atoms with E-state index in [1.165, 1.54) is 19.3 Å². The van der Waals surface area contributed by atoms with Crippen LogP contribution < -0.4 is 4.74 Å². The van der Waals surface area contributed by atoms with E-state index in [9.17, 15) is 5.11 Å². The summed E-state index contributed by atoms with van der Waals surface area (Å²) in [5.41, 5.74) is 0.931. The van der Waals surface area contributed by atoms with E-state index in [1.807, 2.05) is 19.1 Å². The van der Waals surface area contributed by atoms with Gasteiger partial charge in [0, 0.05) is 12.1 Å². The van der Waals surface area contributed by atoms with Gasteiger partial charge in [-0.05, 0) is 33.0 Å². The second-order valence-corrected chi connectivity index (χ2v) is 4.64. The highest BCUT2D eigenvalue weighted by Gasteiger charge is 2.09. The molecule has 3 heteroatoms. The molecular formula is C15H25NO2. The normalized spacial score (nSPS) is 10.9. The van der Waals surface area contributed by atoms with Crippen LogP contribution in [-0.2, 0) is 6.54 Å². The first-order valence-electron chi connectivity index (χ1n) is 6.81. The lowest BCUT2D eigenvalue weighted by Gasteiger charge is -2.18. The van der Waals surface area contributed by atoms with Crippen LogP contribution in [0.3, 0.4) is 0 Å². The summed E-state index contributed by atoms with van der Waals surface area (Å²) in [6, 6.07) is 5.69. The molecule has 1 aromatic rings. The highest BCUT2D eigenvalue weighted by atomic mass is 16.5. The minimum atomic E-state index is 0.279. The molecular weight excluding hydrogens is 226 g/mol. The lowest BCUT2D eigenvalue weighted by molar-refractivity contribution is 0.298. The van der Waals surface area contributed by atoms with Crippen molar-refractivity contribution in [2.24, 2.45) is 0 Å². The molecule has 0 radical (unpaired) electrons. The van der Waals surface area contributed by atoms with Crippen LogP contribution in [0.1, 0.15) is 38.7 Å². The summed E-state index contributed by atoms with van der Waals surface area (Å²) in [6.07, 6.45) is 3.70. The van der Waals surface area contributed by atoms with Gasteiger partial charge in [0.2, 0.25) is 0 Å². The van der Waals surface area contributed by atoms with E-state index in [4.69, 9.17) is 4.74 Å². The lowest BCUT2D eigenvalue weighted by Crippen LogP contribution is -2.19. The average molecular weight is 251 g/mol. The van der Waals surface area contributed by atoms with Crippen LogP contribution in [0.2, 0.25) is 0 Å². The Morgan fingerprint density at radius 2 is 2.00 bits per heavy atom. The molecule has 0 heterocycles. The maximum atomic E-state index is 10.1. The molecule has 0 fully saturated rings. The van der Waals surface area contributed by atoms with E-state index >= 15 is 0 Å². The number of ether oxygens (including phenoxy) is 1. The Morgan fingerprint density at radius 3 is 2.67 bits per heavy atom. The predicted octanol–water partition coefficient (Wildman–Crippen LogP) is 3.41. The minimum Gasteiger partial charge on any atom is -0.504 e. The first-order chi connectivity index (χ1) is 8.69. The fraction of sp³-hybridized carbons (Fsp3) is 0.600. The van der Waals surface area contributed by atoms with Gasteiger partial charge in [-0.2, -0.15) is 0 Å². The highest BCUT2D eigenvalue weighted by Crippen LogP contribution is 2.30. The topological polar surface area (TPSA) is 32.7 Å². The molecule has 0 amide bonds. The van der Waals surface area contributed by atoms with Gasteiger partial charge in [-0.1, -0.05) is 31.9 Å². The van der Waals surface area contributed by atoms with Gasteiger partial charge in [0.05, 0.1) is 6.61 Å². The number of benzene rings is 1. The SMILES string of the molecule is CCCCCN(C)Cc1cccc(OCC)c1O. The number of hydrogen-bond acceptors (Lipinski definition) is 3. The van der Waals surface area contributed by atoms with Crippen LogP contribution in [0.5, 0.6) is 11.5 Å². The van der Waals surface area contributed by atoms with Crippen LogP contribution in [0.25, 0.3) is 0 Å².